The van der Waals surface area contributed by atoms with E-state index in [1.807, 2.05) is 26.8 Å². The molecule has 0 saturated carbocycles. The fourth-order valence-electron chi connectivity index (χ4n) is 3.55. The van der Waals surface area contributed by atoms with E-state index in [1.165, 1.54) is 0 Å². The summed E-state index contributed by atoms with van der Waals surface area (Å²) < 4.78 is 10.6. The van der Waals surface area contributed by atoms with Gasteiger partial charge in [0.15, 0.2) is 0 Å². The summed E-state index contributed by atoms with van der Waals surface area (Å²) >= 11 is 0. The molecule has 0 spiro atoms. The third-order valence-electron chi connectivity index (χ3n) is 5.04. The maximum atomic E-state index is 12.0. The zero-order valence-corrected chi connectivity index (χ0v) is 15.1. The highest BCUT2D eigenvalue weighted by molar-refractivity contribution is 5.83. The highest BCUT2D eigenvalue weighted by Crippen LogP contribution is 2.26. The van der Waals surface area contributed by atoms with Gasteiger partial charge in [-0.1, -0.05) is 12.1 Å². The van der Waals surface area contributed by atoms with E-state index in [2.05, 4.69) is 11.0 Å². The van der Waals surface area contributed by atoms with Crippen LogP contribution in [0.15, 0.2) is 27.4 Å². The van der Waals surface area contributed by atoms with Gasteiger partial charge in [0, 0.05) is 24.5 Å². The fraction of sp³-hybridized carbons (Fsp3) is 0.500. The van der Waals surface area contributed by atoms with Crippen LogP contribution < -0.4 is 5.63 Å². The SMILES string of the molecule is CCOC(=O)[C@@H]1CCCN(Cc2cc(=O)oc3c(C)c(C)ccc23)C1. The van der Waals surface area contributed by atoms with E-state index in [-0.39, 0.29) is 17.5 Å². The fourth-order valence-corrected chi connectivity index (χ4v) is 3.55. The maximum absolute atomic E-state index is 12.0. The van der Waals surface area contributed by atoms with E-state index in [0.717, 1.165) is 41.5 Å². The molecule has 1 aromatic carbocycles. The lowest BCUT2D eigenvalue weighted by Crippen LogP contribution is -2.39. The Bertz CT molecular complexity index is 839. The molecule has 134 valence electrons. The Morgan fingerprint density at radius 2 is 2.16 bits per heavy atom. The third kappa shape index (κ3) is 3.76. The summed E-state index contributed by atoms with van der Waals surface area (Å²) in [6.45, 7) is 8.46. The summed E-state index contributed by atoms with van der Waals surface area (Å²) in [4.78, 5) is 26.3. The summed E-state index contributed by atoms with van der Waals surface area (Å²) in [5.74, 6) is -0.194. The van der Waals surface area contributed by atoms with E-state index < -0.39 is 0 Å². The second-order valence-electron chi connectivity index (χ2n) is 6.80. The predicted molar refractivity (Wildman–Crippen MR) is 96.6 cm³/mol. The van der Waals surface area contributed by atoms with Crippen molar-refractivity contribution < 1.29 is 13.9 Å². The summed E-state index contributed by atoms with van der Waals surface area (Å²) in [5, 5.41) is 0.973. The third-order valence-corrected chi connectivity index (χ3v) is 5.04. The molecule has 5 heteroatoms. The lowest BCUT2D eigenvalue weighted by atomic mass is 9.97. The molecule has 25 heavy (non-hydrogen) atoms. The second kappa shape index (κ2) is 7.40. The number of hydrogen-bond acceptors (Lipinski definition) is 5. The van der Waals surface area contributed by atoms with Gasteiger partial charge in [-0.25, -0.2) is 4.79 Å². The van der Waals surface area contributed by atoms with Gasteiger partial charge in [-0.3, -0.25) is 9.69 Å². The summed E-state index contributed by atoms with van der Waals surface area (Å²) in [5.41, 5.74) is 3.41. The number of likely N-dealkylation sites (tertiary alicyclic amines) is 1. The lowest BCUT2D eigenvalue weighted by molar-refractivity contribution is -0.150. The van der Waals surface area contributed by atoms with Gasteiger partial charge < -0.3 is 9.15 Å². The van der Waals surface area contributed by atoms with Crippen LogP contribution in [0, 0.1) is 19.8 Å². The van der Waals surface area contributed by atoms with Gasteiger partial charge in [0.05, 0.1) is 12.5 Å². The van der Waals surface area contributed by atoms with Gasteiger partial charge in [-0.05, 0) is 56.8 Å². The first-order chi connectivity index (χ1) is 12.0. The normalized spacial score (nSPS) is 18.4. The molecule has 2 heterocycles. The van der Waals surface area contributed by atoms with Gasteiger partial charge >= 0.3 is 11.6 Å². The molecule has 1 aliphatic rings. The first-order valence-electron chi connectivity index (χ1n) is 8.91. The predicted octanol–water partition coefficient (Wildman–Crippen LogP) is 3.18. The van der Waals surface area contributed by atoms with E-state index in [1.54, 1.807) is 6.07 Å². The first kappa shape index (κ1) is 17.7. The first-order valence-corrected chi connectivity index (χ1v) is 8.91. The number of piperidine rings is 1. The minimum atomic E-state index is -0.324. The van der Waals surface area contributed by atoms with Gasteiger partial charge in [-0.15, -0.1) is 0 Å². The molecule has 0 amide bonds. The van der Waals surface area contributed by atoms with Gasteiger partial charge in [0.25, 0.3) is 0 Å². The minimum absolute atomic E-state index is 0.0796. The number of nitrogens with zero attached hydrogens (tertiary/aromatic N) is 1. The number of carbonyl (C=O) groups is 1. The molecule has 3 rings (SSSR count). The van der Waals surface area contributed by atoms with Crippen LogP contribution in [0.2, 0.25) is 0 Å². The molecule has 0 N–H and O–H groups in total. The highest BCUT2D eigenvalue weighted by atomic mass is 16.5. The van der Waals surface area contributed by atoms with Crippen molar-refractivity contribution in [1.29, 1.82) is 0 Å². The quantitative estimate of drug-likeness (QED) is 0.630. The van der Waals surface area contributed by atoms with Crippen LogP contribution in [0.1, 0.15) is 36.5 Å². The summed E-state index contributed by atoms with van der Waals surface area (Å²) in [7, 11) is 0. The molecule has 0 bridgehead atoms. The average molecular weight is 343 g/mol. The van der Waals surface area contributed by atoms with E-state index in [4.69, 9.17) is 9.15 Å². The summed E-state index contributed by atoms with van der Waals surface area (Å²) in [6.07, 6.45) is 1.83. The topological polar surface area (TPSA) is 59.8 Å². The molecule has 5 nitrogen and oxygen atoms in total. The Kier molecular flexibility index (Phi) is 5.23. The zero-order valence-electron chi connectivity index (χ0n) is 15.1. The van der Waals surface area contributed by atoms with Crippen molar-refractivity contribution in [2.45, 2.75) is 40.2 Å². The number of fused-ring (bicyclic) bond motifs is 1. The lowest BCUT2D eigenvalue weighted by Gasteiger charge is -2.31. The van der Waals surface area contributed by atoms with E-state index >= 15 is 0 Å². The Balaban J connectivity index is 1.86. The molecule has 0 unspecified atom stereocenters. The molecule has 1 aromatic heterocycles. The van der Waals surface area contributed by atoms with E-state index in [9.17, 15) is 9.59 Å². The highest BCUT2D eigenvalue weighted by Gasteiger charge is 2.27. The van der Waals surface area contributed by atoms with Crippen LogP contribution >= 0.6 is 0 Å². The number of esters is 1. The molecule has 0 radical (unpaired) electrons. The standard InChI is InChI=1S/C20H25NO4/c1-4-24-20(23)15-6-5-9-21(11-15)12-16-10-18(22)25-19-14(3)13(2)7-8-17(16)19/h7-8,10,15H,4-6,9,11-12H2,1-3H3/t15-/m1/s1. The van der Waals surface area contributed by atoms with Gasteiger partial charge in [-0.2, -0.15) is 0 Å². The van der Waals surface area contributed by atoms with Crippen molar-refractivity contribution in [3.8, 4) is 0 Å². The average Bonchev–Trinajstić information content (AvgIpc) is 2.59. The Labute approximate surface area is 147 Å². The smallest absolute Gasteiger partial charge is 0.336 e. The van der Waals surface area contributed by atoms with Crippen molar-refractivity contribution in [2.24, 2.45) is 5.92 Å². The molecule has 0 aliphatic carbocycles. The molecular formula is C20H25NO4. The van der Waals surface area contributed by atoms with Crippen LogP contribution in [0.5, 0.6) is 0 Å². The number of carbonyl (C=O) groups excluding carboxylic acids is 1. The van der Waals surface area contributed by atoms with E-state index in [0.29, 0.717) is 25.3 Å². The summed E-state index contributed by atoms with van der Waals surface area (Å²) in [6, 6.07) is 5.65. The van der Waals surface area contributed by atoms with Crippen LogP contribution in [0.25, 0.3) is 11.0 Å². The monoisotopic (exact) mass is 343 g/mol. The van der Waals surface area contributed by atoms with Crippen molar-refractivity contribution >= 4 is 16.9 Å². The largest absolute Gasteiger partial charge is 0.466 e. The Morgan fingerprint density at radius 1 is 1.36 bits per heavy atom. The van der Waals surface area contributed by atoms with Crippen molar-refractivity contribution in [3.63, 3.8) is 0 Å². The molecule has 1 atom stereocenters. The Hall–Kier alpha value is -2.14. The molecule has 2 aromatic rings. The molecule has 1 saturated heterocycles. The maximum Gasteiger partial charge on any atom is 0.336 e. The van der Waals surface area contributed by atoms with Crippen molar-refractivity contribution in [1.82, 2.24) is 4.90 Å². The van der Waals surface area contributed by atoms with Crippen molar-refractivity contribution in [3.05, 3.63) is 45.3 Å². The van der Waals surface area contributed by atoms with Crippen LogP contribution in [0.4, 0.5) is 0 Å². The van der Waals surface area contributed by atoms with Gasteiger partial charge in [0.2, 0.25) is 0 Å². The van der Waals surface area contributed by atoms with Crippen molar-refractivity contribution in [2.75, 3.05) is 19.7 Å². The van der Waals surface area contributed by atoms with Crippen LogP contribution in [-0.4, -0.2) is 30.6 Å². The molecule has 1 aliphatic heterocycles. The number of ether oxygens (including phenoxy) is 1. The molecular weight excluding hydrogens is 318 g/mol. The number of benzene rings is 1. The minimum Gasteiger partial charge on any atom is -0.466 e. The number of hydrogen-bond donors (Lipinski definition) is 0. The zero-order chi connectivity index (χ0) is 18.0. The van der Waals surface area contributed by atoms with Crippen LogP contribution in [0.3, 0.4) is 0 Å². The number of rotatable bonds is 4. The Morgan fingerprint density at radius 3 is 2.92 bits per heavy atom. The second-order valence-corrected chi connectivity index (χ2v) is 6.80. The van der Waals surface area contributed by atoms with Crippen LogP contribution in [-0.2, 0) is 16.1 Å². The molecule has 1 fully saturated rings. The van der Waals surface area contributed by atoms with Gasteiger partial charge in [0.1, 0.15) is 5.58 Å². The number of aryl methyl sites for hydroxylation is 2.